The van der Waals surface area contributed by atoms with Crippen molar-refractivity contribution in [1.82, 2.24) is 9.80 Å². The lowest BCUT2D eigenvalue weighted by molar-refractivity contribution is -0.133. The first-order chi connectivity index (χ1) is 19.9. The second-order valence-corrected chi connectivity index (χ2v) is 13.2. The third-order valence-electron chi connectivity index (χ3n) is 7.92. The monoisotopic (exact) mass is 606 g/mol. The van der Waals surface area contributed by atoms with Crippen LogP contribution in [0.25, 0.3) is 0 Å². The molecule has 1 aromatic rings. The fourth-order valence-electron chi connectivity index (χ4n) is 5.82. The molecule has 2 aliphatic rings. The normalized spacial score (nSPS) is 18.3. The van der Waals surface area contributed by atoms with Gasteiger partial charge in [0.1, 0.15) is 0 Å². The number of fused-ring (bicyclic) bond motifs is 1. The summed E-state index contributed by atoms with van der Waals surface area (Å²) in [6, 6.07) is 4.53. The molecule has 0 saturated carbocycles. The van der Waals surface area contributed by atoms with Crippen molar-refractivity contribution in [2.45, 2.75) is 92.0 Å². The number of ether oxygens (including phenoxy) is 3. The van der Waals surface area contributed by atoms with Crippen molar-refractivity contribution in [3.05, 3.63) is 29.8 Å². The second kappa shape index (κ2) is 17.7. The molecule has 0 bridgehead atoms. The number of carbonyl (C=O) groups is 2. The highest BCUT2D eigenvalue weighted by Gasteiger charge is 2.38. The number of benzene rings is 1. The van der Waals surface area contributed by atoms with Crippen molar-refractivity contribution >= 4 is 23.0 Å². The number of likely N-dealkylation sites (tertiary alicyclic amines) is 1. The molecule has 2 atom stereocenters. The summed E-state index contributed by atoms with van der Waals surface area (Å²) < 4.78 is 16.9. The van der Waals surface area contributed by atoms with E-state index in [0.29, 0.717) is 30.2 Å². The van der Waals surface area contributed by atoms with Gasteiger partial charge in [0.25, 0.3) is 0 Å². The molecular weight excluding hydrogens is 552 g/mol. The summed E-state index contributed by atoms with van der Waals surface area (Å²) in [4.78, 5) is 27.5. The van der Waals surface area contributed by atoms with Crippen LogP contribution in [0.1, 0.15) is 91.5 Å². The minimum absolute atomic E-state index is 0.0708. The maximum absolute atomic E-state index is 13.6. The molecule has 42 heavy (non-hydrogen) atoms. The molecule has 1 saturated heterocycles. The van der Waals surface area contributed by atoms with Crippen molar-refractivity contribution in [3.63, 3.8) is 0 Å². The average Bonchev–Trinajstić information content (AvgIpc) is 3.56. The van der Waals surface area contributed by atoms with E-state index in [-0.39, 0.29) is 18.1 Å². The van der Waals surface area contributed by atoms with Gasteiger partial charge < -0.3 is 24.2 Å². The van der Waals surface area contributed by atoms with Crippen LogP contribution in [-0.4, -0.2) is 78.5 Å². The second-order valence-electron chi connectivity index (χ2n) is 12.4. The minimum Gasteiger partial charge on any atom is -0.493 e. The minimum atomic E-state index is -0.829. The highest BCUT2D eigenvalue weighted by Crippen LogP contribution is 2.46. The summed E-state index contributed by atoms with van der Waals surface area (Å²) >= 11 is 0.796. The molecule has 1 fully saturated rings. The Morgan fingerprint density at radius 1 is 1.24 bits per heavy atom. The standard InChI is InChI=1S/C31H50N2O4.C2H4O2S/c1-8-10-14-32(15-11-12-23(3)4)29(34)21-33-20-25(16-26(33)19-31(5,6)13-9-2)24-17-27(35-7)30-28(18-24)36-22-37-30;1-5-2(3)4/h9,13,17-18,23,25-26H,8,10-12,14-16,19-22H2,1-7H3;1H3,(H,3,4)/b13-9+;. The Morgan fingerprint density at radius 3 is 2.52 bits per heavy atom. The molecule has 3 rings (SSSR count). The van der Waals surface area contributed by atoms with Crippen molar-refractivity contribution < 1.29 is 28.9 Å². The molecule has 8 nitrogen and oxygen atoms in total. The smallest absolute Gasteiger partial charge is 0.364 e. The van der Waals surface area contributed by atoms with E-state index in [1.807, 2.05) is 0 Å². The van der Waals surface area contributed by atoms with E-state index in [1.165, 1.54) is 11.8 Å². The largest absolute Gasteiger partial charge is 0.493 e. The molecule has 1 amide bonds. The lowest BCUT2D eigenvalue weighted by atomic mass is 9.83. The van der Waals surface area contributed by atoms with Gasteiger partial charge in [0.15, 0.2) is 11.5 Å². The van der Waals surface area contributed by atoms with E-state index < -0.39 is 5.30 Å². The number of allylic oxidation sites excluding steroid dienone is 2. The van der Waals surface area contributed by atoms with E-state index >= 15 is 0 Å². The van der Waals surface area contributed by atoms with Crippen LogP contribution in [0.15, 0.2) is 24.3 Å². The molecule has 1 N–H and O–H groups in total. The van der Waals surface area contributed by atoms with Gasteiger partial charge in [-0.2, -0.15) is 0 Å². The van der Waals surface area contributed by atoms with Crippen LogP contribution in [0.4, 0.5) is 4.79 Å². The van der Waals surface area contributed by atoms with Gasteiger partial charge in [-0.15, -0.1) is 0 Å². The summed E-state index contributed by atoms with van der Waals surface area (Å²) in [7, 11) is 1.67. The van der Waals surface area contributed by atoms with Crippen molar-refractivity contribution in [1.29, 1.82) is 0 Å². The molecule has 0 radical (unpaired) electrons. The van der Waals surface area contributed by atoms with Crippen molar-refractivity contribution in [2.75, 3.05) is 46.3 Å². The Labute approximate surface area is 258 Å². The topological polar surface area (TPSA) is 88.5 Å². The Hall–Kier alpha value is -2.39. The van der Waals surface area contributed by atoms with Crippen molar-refractivity contribution in [3.8, 4) is 17.2 Å². The third-order valence-corrected chi connectivity index (χ3v) is 8.27. The zero-order valence-electron chi connectivity index (χ0n) is 27.1. The van der Waals surface area contributed by atoms with Crippen LogP contribution >= 0.6 is 11.8 Å². The van der Waals surface area contributed by atoms with Gasteiger partial charge in [0.05, 0.1) is 13.7 Å². The van der Waals surface area contributed by atoms with Crippen LogP contribution in [-0.2, 0) is 4.79 Å². The Kier molecular flexibility index (Phi) is 15.1. The maximum Gasteiger partial charge on any atom is 0.364 e. The molecule has 2 unspecified atom stereocenters. The molecule has 0 spiro atoms. The Balaban J connectivity index is 0.00000113. The number of carboxylic acid groups (broad SMARTS) is 1. The summed E-state index contributed by atoms with van der Waals surface area (Å²) in [6.07, 6.45) is 12.4. The molecule has 0 aliphatic carbocycles. The van der Waals surface area contributed by atoms with Crippen LogP contribution < -0.4 is 14.2 Å². The van der Waals surface area contributed by atoms with E-state index in [0.717, 1.165) is 81.4 Å². The van der Waals surface area contributed by atoms with Gasteiger partial charge in [-0.25, -0.2) is 4.79 Å². The molecule has 2 heterocycles. The summed E-state index contributed by atoms with van der Waals surface area (Å²) in [5.41, 5.74) is 1.27. The molecular formula is C33H54N2O6S. The predicted molar refractivity (Wildman–Crippen MR) is 172 cm³/mol. The zero-order chi connectivity index (χ0) is 31.3. The lowest BCUT2D eigenvalue weighted by Crippen LogP contribution is -2.44. The fraction of sp³-hybridized carbons (Fsp3) is 0.697. The van der Waals surface area contributed by atoms with Gasteiger partial charge in [-0.05, 0) is 92.0 Å². The number of carbonyl (C=O) groups excluding carboxylic acids is 1. The van der Waals surface area contributed by atoms with Crippen LogP contribution in [0.5, 0.6) is 17.2 Å². The number of unbranched alkanes of at least 4 members (excludes halogenated alkanes) is 1. The van der Waals surface area contributed by atoms with E-state index in [2.05, 4.69) is 75.6 Å². The average molecular weight is 607 g/mol. The molecule has 9 heteroatoms. The van der Waals surface area contributed by atoms with Crippen LogP contribution in [0.2, 0.25) is 0 Å². The van der Waals surface area contributed by atoms with E-state index in [1.54, 1.807) is 7.11 Å². The highest BCUT2D eigenvalue weighted by atomic mass is 32.2. The first-order valence-electron chi connectivity index (χ1n) is 15.3. The summed E-state index contributed by atoms with van der Waals surface area (Å²) in [5.74, 6) is 3.42. The number of methoxy groups -OCH3 is 1. The fourth-order valence-corrected chi connectivity index (χ4v) is 5.82. The molecule has 1 aromatic carbocycles. The van der Waals surface area contributed by atoms with Gasteiger partial charge >= 0.3 is 5.30 Å². The van der Waals surface area contributed by atoms with Gasteiger partial charge in [-0.1, -0.05) is 53.2 Å². The number of thioether (sulfide) groups is 1. The van der Waals surface area contributed by atoms with Crippen molar-refractivity contribution in [2.24, 2.45) is 11.3 Å². The predicted octanol–water partition coefficient (Wildman–Crippen LogP) is 7.67. The maximum atomic E-state index is 13.6. The number of rotatable bonds is 14. The number of amides is 1. The van der Waals surface area contributed by atoms with E-state index in [9.17, 15) is 9.59 Å². The lowest BCUT2D eigenvalue weighted by Gasteiger charge is -2.32. The third kappa shape index (κ3) is 11.4. The highest BCUT2D eigenvalue weighted by molar-refractivity contribution is 8.12. The Bertz CT molecular complexity index is 1030. The zero-order valence-corrected chi connectivity index (χ0v) is 27.9. The number of nitrogens with zero attached hydrogens (tertiary/aromatic N) is 2. The first-order valence-corrected chi connectivity index (χ1v) is 16.6. The molecule has 2 aliphatic heterocycles. The quantitative estimate of drug-likeness (QED) is 0.216. The van der Waals surface area contributed by atoms with E-state index in [4.69, 9.17) is 19.3 Å². The van der Waals surface area contributed by atoms with Crippen LogP contribution in [0.3, 0.4) is 0 Å². The van der Waals surface area contributed by atoms with Gasteiger partial charge in [0, 0.05) is 25.7 Å². The van der Waals surface area contributed by atoms with Gasteiger partial charge in [-0.3, -0.25) is 9.69 Å². The summed E-state index contributed by atoms with van der Waals surface area (Å²) in [6.45, 7) is 16.7. The summed E-state index contributed by atoms with van der Waals surface area (Å²) in [5, 5.41) is 6.86. The SMILES string of the molecule is C/C=C/C(C)(C)CC1CC(c2cc(OC)c3c(c2)OCO3)CN1CC(=O)N(CCCC)CCCC(C)C.CSC(=O)O. The molecule has 0 aromatic heterocycles. The first kappa shape index (κ1) is 35.8. The number of hydrogen-bond acceptors (Lipinski definition) is 7. The van der Waals surface area contributed by atoms with Crippen LogP contribution in [0, 0.1) is 11.3 Å². The Morgan fingerprint density at radius 2 is 1.93 bits per heavy atom. The van der Waals surface area contributed by atoms with Gasteiger partial charge in [0.2, 0.25) is 18.4 Å². The number of hydrogen-bond donors (Lipinski definition) is 1. The molecule has 238 valence electrons.